The Bertz CT molecular complexity index is 303. The number of amides is 1. The number of halogens is 3. The number of rotatable bonds is 2. The van der Waals surface area contributed by atoms with Crippen molar-refractivity contribution in [2.24, 2.45) is 5.92 Å². The molecule has 0 aliphatic carbocycles. The van der Waals surface area contributed by atoms with Gasteiger partial charge in [-0.25, -0.2) is 4.79 Å². The maximum atomic E-state index is 12.0. The molecule has 0 bridgehead atoms. The Morgan fingerprint density at radius 3 is 2.44 bits per heavy atom. The van der Waals surface area contributed by atoms with Gasteiger partial charge in [0.05, 0.1) is 0 Å². The normalized spacial score (nSPS) is 25.9. The zero-order valence-corrected chi connectivity index (χ0v) is 8.62. The van der Waals surface area contributed by atoms with Crippen LogP contribution in [0.25, 0.3) is 0 Å². The van der Waals surface area contributed by atoms with Crippen molar-refractivity contribution in [3.63, 3.8) is 0 Å². The fourth-order valence-corrected chi connectivity index (χ4v) is 1.88. The smallest absolute Gasteiger partial charge is 0.397 e. The molecule has 1 aliphatic rings. The van der Waals surface area contributed by atoms with Crippen molar-refractivity contribution in [2.75, 3.05) is 6.54 Å². The molecule has 0 radical (unpaired) electrons. The number of hydrogen-bond donors (Lipinski definition) is 1. The molecule has 0 saturated carbocycles. The van der Waals surface area contributed by atoms with Crippen molar-refractivity contribution in [3.8, 4) is 0 Å². The van der Waals surface area contributed by atoms with E-state index >= 15 is 0 Å². The summed E-state index contributed by atoms with van der Waals surface area (Å²) in [6, 6.07) is -1.13. The van der Waals surface area contributed by atoms with Gasteiger partial charge in [0.2, 0.25) is 5.91 Å². The first-order valence-electron chi connectivity index (χ1n) is 4.81. The second-order valence-corrected chi connectivity index (χ2v) is 3.93. The van der Waals surface area contributed by atoms with Gasteiger partial charge in [0.25, 0.3) is 0 Å². The molecule has 1 saturated heterocycles. The van der Waals surface area contributed by atoms with E-state index in [0.717, 1.165) is 4.90 Å². The molecule has 1 amide bonds. The molecule has 0 spiro atoms. The highest BCUT2D eigenvalue weighted by molar-refractivity contribution is 5.84. The van der Waals surface area contributed by atoms with E-state index in [1.165, 1.54) is 0 Å². The van der Waals surface area contributed by atoms with Crippen LogP contribution in [0, 0.1) is 5.92 Å². The summed E-state index contributed by atoms with van der Waals surface area (Å²) in [6.07, 6.45) is -5.77. The molecule has 4 nitrogen and oxygen atoms in total. The van der Waals surface area contributed by atoms with Crippen LogP contribution < -0.4 is 0 Å². The largest absolute Gasteiger partial charge is 0.480 e. The van der Waals surface area contributed by atoms with E-state index in [1.807, 2.05) is 0 Å². The number of aliphatic carboxylic acids is 1. The van der Waals surface area contributed by atoms with Crippen LogP contribution in [0.3, 0.4) is 0 Å². The molecule has 1 rings (SSSR count). The summed E-state index contributed by atoms with van der Waals surface area (Å²) < 4.78 is 36.0. The van der Waals surface area contributed by atoms with Gasteiger partial charge in [0.1, 0.15) is 12.5 Å². The second-order valence-electron chi connectivity index (χ2n) is 3.93. The third kappa shape index (κ3) is 2.86. The van der Waals surface area contributed by atoms with Crippen molar-refractivity contribution >= 4 is 11.9 Å². The molecule has 0 aromatic rings. The van der Waals surface area contributed by atoms with Gasteiger partial charge in [-0.05, 0) is 12.3 Å². The number of hydrogen-bond acceptors (Lipinski definition) is 2. The Hall–Kier alpha value is -1.27. The van der Waals surface area contributed by atoms with E-state index in [4.69, 9.17) is 5.11 Å². The average molecular weight is 239 g/mol. The lowest BCUT2D eigenvalue weighted by Crippen LogP contribution is -2.44. The highest BCUT2D eigenvalue weighted by Crippen LogP contribution is 2.28. The maximum absolute atomic E-state index is 12.0. The standard InChI is InChI=1S/C9H12F3NO3/c1-5-2-3-13(7(5)8(15)16)6(14)4-9(10,11)12/h5,7H,2-4H2,1H3,(H,15,16). The molecule has 2 unspecified atom stereocenters. The van der Waals surface area contributed by atoms with Gasteiger partial charge in [0.15, 0.2) is 0 Å². The summed E-state index contributed by atoms with van der Waals surface area (Å²) in [6.45, 7) is 1.69. The summed E-state index contributed by atoms with van der Waals surface area (Å²) in [4.78, 5) is 22.9. The Morgan fingerprint density at radius 1 is 1.44 bits per heavy atom. The van der Waals surface area contributed by atoms with Gasteiger partial charge in [-0.1, -0.05) is 6.92 Å². The zero-order valence-electron chi connectivity index (χ0n) is 8.62. The Labute approximate surface area is 90.0 Å². The number of carboxylic acids is 1. The first kappa shape index (κ1) is 12.8. The van der Waals surface area contributed by atoms with E-state index in [0.29, 0.717) is 6.42 Å². The van der Waals surface area contributed by atoms with Gasteiger partial charge in [-0.15, -0.1) is 0 Å². The lowest BCUT2D eigenvalue weighted by Gasteiger charge is -2.23. The monoisotopic (exact) mass is 239 g/mol. The minimum absolute atomic E-state index is 0.0764. The van der Waals surface area contributed by atoms with E-state index in [2.05, 4.69) is 0 Å². The second kappa shape index (κ2) is 4.31. The van der Waals surface area contributed by atoms with E-state index < -0.39 is 30.5 Å². The molecule has 1 heterocycles. The van der Waals surface area contributed by atoms with Crippen LogP contribution >= 0.6 is 0 Å². The Morgan fingerprint density at radius 2 is 2.00 bits per heavy atom. The van der Waals surface area contributed by atoms with E-state index in [9.17, 15) is 22.8 Å². The summed E-state index contributed by atoms with van der Waals surface area (Å²) >= 11 is 0. The number of carbonyl (C=O) groups excluding carboxylic acids is 1. The summed E-state index contributed by atoms with van der Waals surface area (Å²) in [5.74, 6) is -2.72. The molecule has 16 heavy (non-hydrogen) atoms. The molecule has 1 aliphatic heterocycles. The summed E-state index contributed by atoms with van der Waals surface area (Å²) in [5, 5.41) is 8.83. The van der Waals surface area contributed by atoms with Crippen LogP contribution in [0.15, 0.2) is 0 Å². The van der Waals surface area contributed by atoms with Gasteiger partial charge in [0, 0.05) is 6.54 Å². The Balaban J connectivity index is 2.73. The predicted molar refractivity (Wildman–Crippen MR) is 47.6 cm³/mol. The fourth-order valence-electron chi connectivity index (χ4n) is 1.88. The highest BCUT2D eigenvalue weighted by atomic mass is 19.4. The van der Waals surface area contributed by atoms with Crippen LogP contribution in [0.2, 0.25) is 0 Å². The number of alkyl halides is 3. The molecule has 2 atom stereocenters. The van der Waals surface area contributed by atoms with Gasteiger partial charge in [-0.3, -0.25) is 4.79 Å². The minimum atomic E-state index is -4.59. The first-order valence-corrected chi connectivity index (χ1v) is 4.81. The lowest BCUT2D eigenvalue weighted by molar-refractivity contribution is -0.166. The topological polar surface area (TPSA) is 57.6 Å². The highest BCUT2D eigenvalue weighted by Gasteiger charge is 2.42. The van der Waals surface area contributed by atoms with E-state index in [-0.39, 0.29) is 12.5 Å². The van der Waals surface area contributed by atoms with E-state index in [1.54, 1.807) is 6.92 Å². The predicted octanol–water partition coefficient (Wildman–Crippen LogP) is 1.26. The molecule has 92 valence electrons. The molecule has 1 fully saturated rings. The first-order chi connectivity index (χ1) is 7.22. The van der Waals surface area contributed by atoms with Gasteiger partial charge >= 0.3 is 12.1 Å². The molecular weight excluding hydrogens is 227 g/mol. The SMILES string of the molecule is CC1CCN(C(=O)CC(F)(F)F)C1C(=O)O. The van der Waals surface area contributed by atoms with Crippen molar-refractivity contribution in [1.82, 2.24) is 4.90 Å². The van der Waals surface area contributed by atoms with Crippen LogP contribution in [0.5, 0.6) is 0 Å². The quantitative estimate of drug-likeness (QED) is 0.789. The van der Waals surface area contributed by atoms with Gasteiger partial charge in [-0.2, -0.15) is 13.2 Å². The molecule has 0 aromatic heterocycles. The van der Waals surface area contributed by atoms with Crippen LogP contribution in [-0.2, 0) is 9.59 Å². The van der Waals surface area contributed by atoms with Crippen molar-refractivity contribution in [1.29, 1.82) is 0 Å². The van der Waals surface area contributed by atoms with Crippen molar-refractivity contribution < 1.29 is 27.9 Å². The number of carbonyl (C=O) groups is 2. The Kier molecular flexibility index (Phi) is 3.44. The molecule has 7 heteroatoms. The molecule has 1 N–H and O–H groups in total. The maximum Gasteiger partial charge on any atom is 0.397 e. The average Bonchev–Trinajstić information content (AvgIpc) is 2.43. The summed E-state index contributed by atoms with van der Waals surface area (Å²) in [5.41, 5.74) is 0. The minimum Gasteiger partial charge on any atom is -0.480 e. The van der Waals surface area contributed by atoms with Gasteiger partial charge < -0.3 is 10.0 Å². The third-order valence-corrected chi connectivity index (χ3v) is 2.63. The zero-order chi connectivity index (χ0) is 12.5. The summed E-state index contributed by atoms with van der Waals surface area (Å²) in [7, 11) is 0. The van der Waals surface area contributed by atoms with Crippen LogP contribution in [0.1, 0.15) is 19.8 Å². The fraction of sp³-hybridized carbons (Fsp3) is 0.778. The van der Waals surface area contributed by atoms with Crippen molar-refractivity contribution in [2.45, 2.75) is 32.0 Å². The molecule has 0 aromatic carbocycles. The van der Waals surface area contributed by atoms with Crippen LogP contribution in [-0.4, -0.2) is 40.6 Å². The number of nitrogens with zero attached hydrogens (tertiary/aromatic N) is 1. The number of likely N-dealkylation sites (tertiary alicyclic amines) is 1. The van der Waals surface area contributed by atoms with Crippen LogP contribution in [0.4, 0.5) is 13.2 Å². The number of carboxylic acid groups (broad SMARTS) is 1. The molecular formula is C9H12F3NO3. The third-order valence-electron chi connectivity index (χ3n) is 2.63. The van der Waals surface area contributed by atoms with Crippen molar-refractivity contribution in [3.05, 3.63) is 0 Å². The lowest BCUT2D eigenvalue weighted by atomic mass is 10.0.